The SMILES string of the molecule is CN1CCNC(C)(CC(=O)Nc2ccccc2)C1=O. The highest BCUT2D eigenvalue weighted by molar-refractivity contribution is 5.97. The van der Waals surface area contributed by atoms with Gasteiger partial charge in [-0.05, 0) is 19.1 Å². The number of piperazine rings is 1. The number of likely N-dealkylation sites (N-methyl/N-ethyl adjacent to an activating group) is 1. The van der Waals surface area contributed by atoms with Crippen molar-refractivity contribution in [3.8, 4) is 0 Å². The molecule has 2 rings (SSSR count). The van der Waals surface area contributed by atoms with Crippen LogP contribution in [-0.2, 0) is 9.59 Å². The first-order valence-corrected chi connectivity index (χ1v) is 6.37. The zero-order chi connectivity index (χ0) is 13.9. The third-order valence-corrected chi connectivity index (χ3v) is 3.35. The maximum atomic E-state index is 12.1. The van der Waals surface area contributed by atoms with E-state index in [0.29, 0.717) is 13.1 Å². The van der Waals surface area contributed by atoms with E-state index in [1.807, 2.05) is 30.3 Å². The summed E-state index contributed by atoms with van der Waals surface area (Å²) >= 11 is 0. The smallest absolute Gasteiger partial charge is 0.242 e. The van der Waals surface area contributed by atoms with Crippen LogP contribution in [0.1, 0.15) is 13.3 Å². The Balaban J connectivity index is 2.00. The van der Waals surface area contributed by atoms with E-state index >= 15 is 0 Å². The van der Waals surface area contributed by atoms with Crippen LogP contribution in [0.15, 0.2) is 30.3 Å². The van der Waals surface area contributed by atoms with Gasteiger partial charge in [0.2, 0.25) is 11.8 Å². The Hall–Kier alpha value is -1.88. The summed E-state index contributed by atoms with van der Waals surface area (Å²) in [4.78, 5) is 25.8. The van der Waals surface area contributed by atoms with Crippen LogP contribution >= 0.6 is 0 Å². The molecule has 19 heavy (non-hydrogen) atoms. The van der Waals surface area contributed by atoms with Crippen LogP contribution in [0.3, 0.4) is 0 Å². The number of carbonyl (C=O) groups is 2. The molecule has 2 amide bonds. The Kier molecular flexibility index (Phi) is 3.85. The van der Waals surface area contributed by atoms with Crippen LogP contribution < -0.4 is 10.6 Å². The van der Waals surface area contributed by atoms with Gasteiger partial charge in [0.25, 0.3) is 0 Å². The first kappa shape index (κ1) is 13.5. The summed E-state index contributed by atoms with van der Waals surface area (Å²) < 4.78 is 0. The number of anilines is 1. The number of hydrogen-bond acceptors (Lipinski definition) is 3. The highest BCUT2D eigenvalue weighted by atomic mass is 16.2. The highest BCUT2D eigenvalue weighted by Gasteiger charge is 2.39. The molecule has 5 nitrogen and oxygen atoms in total. The van der Waals surface area contributed by atoms with Gasteiger partial charge in [0.1, 0.15) is 5.54 Å². The van der Waals surface area contributed by atoms with Crippen molar-refractivity contribution in [2.45, 2.75) is 18.9 Å². The van der Waals surface area contributed by atoms with Crippen molar-refractivity contribution in [1.29, 1.82) is 0 Å². The lowest BCUT2D eigenvalue weighted by Gasteiger charge is -2.38. The third-order valence-electron chi connectivity index (χ3n) is 3.35. The van der Waals surface area contributed by atoms with Crippen molar-refractivity contribution in [3.05, 3.63) is 30.3 Å². The number of rotatable bonds is 3. The fourth-order valence-corrected chi connectivity index (χ4v) is 2.28. The van der Waals surface area contributed by atoms with Crippen LogP contribution in [0.2, 0.25) is 0 Å². The first-order valence-electron chi connectivity index (χ1n) is 6.37. The van der Waals surface area contributed by atoms with Crippen LogP contribution in [0.5, 0.6) is 0 Å². The van der Waals surface area contributed by atoms with Crippen LogP contribution in [0, 0.1) is 0 Å². The highest BCUT2D eigenvalue weighted by Crippen LogP contribution is 2.17. The summed E-state index contributed by atoms with van der Waals surface area (Å²) in [6.45, 7) is 3.15. The Labute approximate surface area is 113 Å². The number of para-hydroxylation sites is 1. The van der Waals surface area contributed by atoms with Crippen molar-refractivity contribution in [1.82, 2.24) is 10.2 Å². The van der Waals surface area contributed by atoms with Gasteiger partial charge in [-0.1, -0.05) is 18.2 Å². The molecule has 0 saturated carbocycles. The monoisotopic (exact) mass is 261 g/mol. The van der Waals surface area contributed by atoms with E-state index in [4.69, 9.17) is 0 Å². The predicted molar refractivity (Wildman–Crippen MR) is 73.7 cm³/mol. The van der Waals surface area contributed by atoms with Crippen molar-refractivity contribution in [2.75, 3.05) is 25.5 Å². The summed E-state index contributed by atoms with van der Waals surface area (Å²) in [6, 6.07) is 9.24. The molecule has 0 aromatic heterocycles. The van der Waals surface area contributed by atoms with Gasteiger partial charge >= 0.3 is 0 Å². The molecule has 1 aliphatic rings. The van der Waals surface area contributed by atoms with Crippen molar-refractivity contribution < 1.29 is 9.59 Å². The lowest BCUT2D eigenvalue weighted by molar-refractivity contribution is -0.141. The Morgan fingerprint density at radius 2 is 2.11 bits per heavy atom. The van der Waals surface area contributed by atoms with Crippen molar-refractivity contribution >= 4 is 17.5 Å². The summed E-state index contributed by atoms with van der Waals surface area (Å²) in [5, 5.41) is 5.94. The zero-order valence-electron chi connectivity index (χ0n) is 11.3. The quantitative estimate of drug-likeness (QED) is 0.847. The van der Waals surface area contributed by atoms with Gasteiger partial charge in [-0.2, -0.15) is 0 Å². The van der Waals surface area contributed by atoms with Gasteiger partial charge in [-0.15, -0.1) is 0 Å². The number of benzene rings is 1. The molecular formula is C14H19N3O2. The molecule has 1 unspecified atom stereocenters. The molecule has 1 atom stereocenters. The number of carbonyl (C=O) groups excluding carboxylic acids is 2. The van der Waals surface area contributed by atoms with E-state index in [0.717, 1.165) is 5.69 Å². The van der Waals surface area contributed by atoms with Gasteiger partial charge in [-0.3, -0.25) is 9.59 Å². The minimum Gasteiger partial charge on any atom is -0.343 e. The predicted octanol–water partition coefficient (Wildman–Crippen LogP) is 0.835. The lowest BCUT2D eigenvalue weighted by atomic mass is 9.93. The maximum Gasteiger partial charge on any atom is 0.242 e. The number of hydrogen-bond donors (Lipinski definition) is 2. The van der Waals surface area contributed by atoms with Crippen LogP contribution in [0.4, 0.5) is 5.69 Å². The summed E-state index contributed by atoms with van der Waals surface area (Å²) in [5.41, 5.74) is -0.0704. The Morgan fingerprint density at radius 1 is 1.42 bits per heavy atom. The van der Waals surface area contributed by atoms with Gasteiger partial charge in [0, 0.05) is 25.8 Å². The van der Waals surface area contributed by atoms with E-state index in [1.54, 1.807) is 18.9 Å². The average molecular weight is 261 g/mol. The number of amides is 2. The fraction of sp³-hybridized carbons (Fsp3) is 0.429. The normalized spacial score (nSPS) is 23.3. The van der Waals surface area contributed by atoms with Crippen molar-refractivity contribution in [3.63, 3.8) is 0 Å². The maximum absolute atomic E-state index is 12.1. The lowest BCUT2D eigenvalue weighted by Crippen LogP contribution is -2.62. The molecule has 0 aliphatic carbocycles. The number of nitrogens with one attached hydrogen (secondary N) is 2. The van der Waals surface area contributed by atoms with Crippen LogP contribution in [-0.4, -0.2) is 42.4 Å². The average Bonchev–Trinajstić information content (AvgIpc) is 2.37. The Bertz CT molecular complexity index is 475. The van der Waals surface area contributed by atoms with E-state index in [9.17, 15) is 9.59 Å². The molecule has 1 saturated heterocycles. The molecule has 0 bridgehead atoms. The standard InChI is InChI=1S/C14H19N3O2/c1-14(13(19)17(2)9-8-15-14)10-12(18)16-11-6-4-3-5-7-11/h3-7,15H,8-10H2,1-2H3,(H,16,18). The molecular weight excluding hydrogens is 242 g/mol. The second-order valence-electron chi connectivity index (χ2n) is 5.08. The molecule has 2 N–H and O–H groups in total. The minimum atomic E-state index is -0.814. The van der Waals surface area contributed by atoms with E-state index in [-0.39, 0.29) is 18.2 Å². The largest absolute Gasteiger partial charge is 0.343 e. The van der Waals surface area contributed by atoms with E-state index in [1.165, 1.54) is 0 Å². The molecule has 1 fully saturated rings. The van der Waals surface area contributed by atoms with E-state index < -0.39 is 5.54 Å². The molecule has 1 aromatic rings. The second-order valence-corrected chi connectivity index (χ2v) is 5.08. The van der Waals surface area contributed by atoms with Gasteiger partial charge < -0.3 is 15.5 Å². The Morgan fingerprint density at radius 3 is 2.79 bits per heavy atom. The molecule has 5 heteroatoms. The second kappa shape index (κ2) is 5.40. The summed E-state index contributed by atoms with van der Waals surface area (Å²) in [5.74, 6) is -0.202. The number of nitrogens with zero attached hydrogens (tertiary/aromatic N) is 1. The summed E-state index contributed by atoms with van der Waals surface area (Å²) in [7, 11) is 1.76. The minimum absolute atomic E-state index is 0.0399. The molecule has 0 radical (unpaired) electrons. The van der Waals surface area contributed by atoms with Crippen LogP contribution in [0.25, 0.3) is 0 Å². The fourth-order valence-electron chi connectivity index (χ4n) is 2.28. The molecule has 1 heterocycles. The zero-order valence-corrected chi connectivity index (χ0v) is 11.3. The third kappa shape index (κ3) is 3.12. The van der Waals surface area contributed by atoms with Crippen molar-refractivity contribution in [2.24, 2.45) is 0 Å². The molecule has 0 spiro atoms. The topological polar surface area (TPSA) is 61.4 Å². The van der Waals surface area contributed by atoms with Gasteiger partial charge in [0.15, 0.2) is 0 Å². The summed E-state index contributed by atoms with van der Waals surface area (Å²) in [6.07, 6.45) is 0.130. The van der Waals surface area contributed by atoms with E-state index in [2.05, 4.69) is 10.6 Å². The molecule has 1 aliphatic heterocycles. The first-order chi connectivity index (χ1) is 9.01. The van der Waals surface area contributed by atoms with Gasteiger partial charge in [0.05, 0.1) is 6.42 Å². The molecule has 102 valence electrons. The van der Waals surface area contributed by atoms with Gasteiger partial charge in [-0.25, -0.2) is 0 Å². The molecule has 1 aromatic carbocycles.